The zero-order chi connectivity index (χ0) is 17.9. The molecular weight excluding hydrogens is 336 g/mol. The molecule has 0 saturated carbocycles. The van der Waals surface area contributed by atoms with Gasteiger partial charge < -0.3 is 20.1 Å². The molecule has 1 atom stereocenters. The lowest BCUT2D eigenvalue weighted by Crippen LogP contribution is -2.21. The van der Waals surface area contributed by atoms with Crippen molar-refractivity contribution in [3.05, 3.63) is 39.9 Å². The number of carbonyl (C=O) groups is 2. The van der Waals surface area contributed by atoms with Crippen molar-refractivity contribution in [1.29, 1.82) is 0 Å². The van der Waals surface area contributed by atoms with Crippen LogP contribution in [0.1, 0.15) is 35.7 Å². The van der Waals surface area contributed by atoms with Crippen LogP contribution in [0.2, 0.25) is 5.02 Å². The Balaban J connectivity index is 2.52. The van der Waals surface area contributed by atoms with E-state index in [4.69, 9.17) is 16.3 Å². The second-order valence-corrected chi connectivity index (χ2v) is 5.68. The molecule has 128 valence electrons. The zero-order valence-electron chi connectivity index (χ0n) is 13.0. The fraction of sp³-hybridized carbons (Fsp3) is 0.294. The molecule has 0 fully saturated rings. The van der Waals surface area contributed by atoms with E-state index in [1.807, 2.05) is 6.92 Å². The summed E-state index contributed by atoms with van der Waals surface area (Å²) in [6.45, 7) is 2.20. The molecule has 0 aromatic heterocycles. The van der Waals surface area contributed by atoms with Crippen LogP contribution in [-0.2, 0) is 9.53 Å². The van der Waals surface area contributed by atoms with Crippen molar-refractivity contribution in [2.45, 2.75) is 25.9 Å². The van der Waals surface area contributed by atoms with Crippen molar-refractivity contribution in [2.24, 2.45) is 0 Å². The van der Waals surface area contributed by atoms with E-state index in [0.29, 0.717) is 6.42 Å². The quantitative estimate of drug-likeness (QED) is 0.437. The van der Waals surface area contributed by atoms with Gasteiger partial charge in [0, 0.05) is 0 Å². The number of esters is 1. The number of fused-ring (bicyclic) bond motifs is 1. The summed E-state index contributed by atoms with van der Waals surface area (Å²) in [5, 5.41) is 29.4. The van der Waals surface area contributed by atoms with E-state index in [0.717, 1.165) is 12.5 Å². The average Bonchev–Trinajstić information content (AvgIpc) is 2.54. The molecule has 0 radical (unpaired) electrons. The van der Waals surface area contributed by atoms with Gasteiger partial charge in [-0.15, -0.1) is 0 Å². The highest BCUT2D eigenvalue weighted by atomic mass is 35.5. The predicted octanol–water partition coefficient (Wildman–Crippen LogP) is 2.59. The van der Waals surface area contributed by atoms with E-state index in [1.165, 1.54) is 18.2 Å². The Bertz CT molecular complexity index is 735. The number of hydrogen-bond donors (Lipinski definition) is 3. The van der Waals surface area contributed by atoms with E-state index in [1.54, 1.807) is 0 Å². The molecule has 1 aromatic carbocycles. The Morgan fingerprint density at radius 3 is 2.71 bits per heavy atom. The fourth-order valence-corrected chi connectivity index (χ4v) is 2.39. The maximum absolute atomic E-state index is 12.2. The summed E-state index contributed by atoms with van der Waals surface area (Å²) in [4.78, 5) is 24.3. The standard InChI is InChI=1S/C17H17ClO6/c1-2-3-6-24-17(23)9-4-5-12(19)15(21)13-10(7-9)8-11(18)14(20)16(13)22/h4-5,7-8,12,19-20,22H,2-3,6H2,1H3/b5-4?,9-7+. The highest BCUT2D eigenvalue weighted by Gasteiger charge is 2.27. The molecule has 6 nitrogen and oxygen atoms in total. The van der Waals surface area contributed by atoms with Gasteiger partial charge in [-0.25, -0.2) is 4.79 Å². The first-order valence-electron chi connectivity index (χ1n) is 7.40. The summed E-state index contributed by atoms with van der Waals surface area (Å²) >= 11 is 5.81. The highest BCUT2D eigenvalue weighted by molar-refractivity contribution is 6.33. The van der Waals surface area contributed by atoms with Crippen molar-refractivity contribution in [3.8, 4) is 11.5 Å². The van der Waals surface area contributed by atoms with Gasteiger partial charge >= 0.3 is 5.97 Å². The third kappa shape index (κ3) is 3.60. The molecule has 2 rings (SSSR count). The molecule has 0 spiro atoms. The van der Waals surface area contributed by atoms with Crippen LogP contribution in [-0.4, -0.2) is 39.8 Å². The van der Waals surface area contributed by atoms with Gasteiger partial charge in [-0.1, -0.05) is 24.9 Å². The second kappa shape index (κ2) is 7.51. The highest BCUT2D eigenvalue weighted by Crippen LogP contribution is 2.40. The van der Waals surface area contributed by atoms with Gasteiger partial charge in [0.15, 0.2) is 17.3 Å². The Hall–Kier alpha value is -2.31. The molecule has 1 aliphatic rings. The predicted molar refractivity (Wildman–Crippen MR) is 88.1 cm³/mol. The molecule has 0 amide bonds. The molecule has 0 bridgehead atoms. The number of aliphatic hydroxyl groups excluding tert-OH is 1. The number of Topliss-reactive ketones (excluding diaryl/α,β-unsaturated/α-hetero) is 1. The van der Waals surface area contributed by atoms with E-state index >= 15 is 0 Å². The van der Waals surface area contributed by atoms with Crippen LogP contribution in [0, 0.1) is 0 Å². The molecular formula is C17H17ClO6. The summed E-state index contributed by atoms with van der Waals surface area (Å²) in [6.07, 6.45) is 3.69. The molecule has 0 heterocycles. The number of ketones is 1. The van der Waals surface area contributed by atoms with Crippen LogP contribution < -0.4 is 0 Å². The van der Waals surface area contributed by atoms with E-state index < -0.39 is 29.4 Å². The van der Waals surface area contributed by atoms with Gasteiger partial charge in [0.1, 0.15) is 6.10 Å². The number of aliphatic hydroxyl groups is 1. The van der Waals surface area contributed by atoms with E-state index in [-0.39, 0.29) is 28.3 Å². The minimum Gasteiger partial charge on any atom is -0.504 e. The Labute approximate surface area is 143 Å². The number of phenols is 2. The van der Waals surface area contributed by atoms with Gasteiger partial charge in [0.2, 0.25) is 0 Å². The largest absolute Gasteiger partial charge is 0.504 e. The molecule has 1 aliphatic carbocycles. The molecule has 0 saturated heterocycles. The fourth-order valence-electron chi connectivity index (χ4n) is 2.18. The van der Waals surface area contributed by atoms with Crippen LogP contribution in [0.4, 0.5) is 0 Å². The molecule has 24 heavy (non-hydrogen) atoms. The number of halogens is 1. The first kappa shape index (κ1) is 18.0. The van der Waals surface area contributed by atoms with Crippen LogP contribution in [0.5, 0.6) is 11.5 Å². The monoisotopic (exact) mass is 352 g/mol. The smallest absolute Gasteiger partial charge is 0.338 e. The van der Waals surface area contributed by atoms with Gasteiger partial charge in [0.05, 0.1) is 22.8 Å². The lowest BCUT2D eigenvalue weighted by Gasteiger charge is -2.15. The topological polar surface area (TPSA) is 104 Å². The summed E-state index contributed by atoms with van der Waals surface area (Å²) in [6, 6.07) is 1.23. The van der Waals surface area contributed by atoms with Gasteiger partial charge in [0.25, 0.3) is 0 Å². The minimum atomic E-state index is -1.58. The first-order valence-corrected chi connectivity index (χ1v) is 7.78. The molecule has 1 unspecified atom stereocenters. The van der Waals surface area contributed by atoms with Crippen molar-refractivity contribution in [2.75, 3.05) is 6.61 Å². The SMILES string of the molecule is CCCCOC(=O)/C1=C/c2cc(Cl)c(O)c(O)c2C(=O)C(O)C=C1. The number of ether oxygens (including phenoxy) is 1. The molecule has 7 heteroatoms. The number of carbonyl (C=O) groups excluding carboxylic acids is 2. The van der Waals surface area contributed by atoms with Gasteiger partial charge in [-0.2, -0.15) is 0 Å². The lowest BCUT2D eigenvalue weighted by atomic mass is 9.94. The third-order valence-corrected chi connectivity index (χ3v) is 3.80. The van der Waals surface area contributed by atoms with E-state index in [9.17, 15) is 24.9 Å². The second-order valence-electron chi connectivity index (χ2n) is 5.28. The number of phenolic OH excluding ortho intramolecular Hbond substituents is 2. The minimum absolute atomic E-state index is 0.0834. The number of hydrogen-bond acceptors (Lipinski definition) is 6. The molecule has 0 aliphatic heterocycles. The number of rotatable bonds is 4. The van der Waals surface area contributed by atoms with Crippen molar-refractivity contribution >= 4 is 29.4 Å². The number of aromatic hydroxyl groups is 2. The summed E-state index contributed by atoms with van der Waals surface area (Å²) in [5.74, 6) is -2.86. The van der Waals surface area contributed by atoms with Crippen molar-refractivity contribution in [3.63, 3.8) is 0 Å². The lowest BCUT2D eigenvalue weighted by molar-refractivity contribution is -0.138. The first-order chi connectivity index (χ1) is 11.4. The normalized spacial score (nSPS) is 19.0. The number of unbranched alkanes of at least 4 members (excludes halogenated alkanes) is 1. The van der Waals surface area contributed by atoms with Crippen LogP contribution in [0.25, 0.3) is 6.08 Å². The van der Waals surface area contributed by atoms with Crippen LogP contribution in [0.3, 0.4) is 0 Å². The van der Waals surface area contributed by atoms with Crippen LogP contribution >= 0.6 is 11.6 Å². The van der Waals surface area contributed by atoms with Crippen molar-refractivity contribution in [1.82, 2.24) is 0 Å². The maximum Gasteiger partial charge on any atom is 0.338 e. The maximum atomic E-state index is 12.2. The van der Waals surface area contributed by atoms with Crippen LogP contribution in [0.15, 0.2) is 23.8 Å². The van der Waals surface area contributed by atoms with Crippen molar-refractivity contribution < 1.29 is 29.6 Å². The molecule has 3 N–H and O–H groups in total. The Kier molecular flexibility index (Phi) is 5.64. The Morgan fingerprint density at radius 1 is 1.33 bits per heavy atom. The average molecular weight is 353 g/mol. The third-order valence-electron chi connectivity index (χ3n) is 3.51. The zero-order valence-corrected chi connectivity index (χ0v) is 13.7. The summed E-state index contributed by atoms with van der Waals surface area (Å²) < 4.78 is 5.11. The number of benzene rings is 1. The Morgan fingerprint density at radius 2 is 2.04 bits per heavy atom. The summed E-state index contributed by atoms with van der Waals surface area (Å²) in [7, 11) is 0. The molecule has 1 aromatic rings. The van der Waals surface area contributed by atoms with Gasteiger partial charge in [-0.05, 0) is 36.3 Å². The van der Waals surface area contributed by atoms with E-state index in [2.05, 4.69) is 0 Å². The van der Waals surface area contributed by atoms with Gasteiger partial charge in [-0.3, -0.25) is 4.79 Å². The summed E-state index contributed by atoms with van der Waals surface area (Å²) in [5.41, 5.74) is -0.126.